The Hall–Kier alpha value is -1.14. The summed E-state index contributed by atoms with van der Waals surface area (Å²) in [4.78, 5) is 24.5. The van der Waals surface area contributed by atoms with Crippen LogP contribution in [0, 0.1) is 5.92 Å². The Morgan fingerprint density at radius 2 is 1.88 bits per heavy atom. The van der Waals surface area contributed by atoms with Gasteiger partial charge in [0.05, 0.1) is 6.04 Å². The molecule has 0 saturated carbocycles. The number of carboxylic acid groups (broad SMARTS) is 1. The molecular weight excluding hydrogens is 224 g/mol. The molecule has 0 aliphatic carbocycles. The van der Waals surface area contributed by atoms with Crippen molar-refractivity contribution in [1.29, 1.82) is 0 Å². The summed E-state index contributed by atoms with van der Waals surface area (Å²) in [5.74, 6) is -1.55. The smallest absolute Gasteiger partial charge is 0.334 e. The first kappa shape index (κ1) is 13.9. The Balaban J connectivity index is 2.41. The number of likely N-dealkylation sites (tertiary alicyclic amines) is 1. The summed E-state index contributed by atoms with van der Waals surface area (Å²) >= 11 is 0. The van der Waals surface area contributed by atoms with E-state index in [-0.39, 0.29) is 11.8 Å². The number of nitrogens with zero attached hydrogens (tertiary/aromatic N) is 1. The number of hydrogen-bond acceptors (Lipinski definition) is 4. The number of carboxylic acids is 1. The molecule has 1 saturated heterocycles. The van der Waals surface area contributed by atoms with Crippen molar-refractivity contribution < 1.29 is 19.8 Å². The van der Waals surface area contributed by atoms with Crippen molar-refractivity contribution in [3.8, 4) is 0 Å². The van der Waals surface area contributed by atoms with Gasteiger partial charge < -0.3 is 20.4 Å². The number of hydrogen-bond donors (Lipinski definition) is 3. The molecule has 0 bridgehead atoms. The fourth-order valence-corrected chi connectivity index (χ4v) is 1.91. The molecule has 1 aliphatic rings. The molecule has 6 nitrogen and oxygen atoms in total. The van der Waals surface area contributed by atoms with Crippen LogP contribution in [0.2, 0.25) is 0 Å². The largest absolute Gasteiger partial charge is 0.479 e. The van der Waals surface area contributed by atoms with Gasteiger partial charge in [-0.2, -0.15) is 0 Å². The van der Waals surface area contributed by atoms with Gasteiger partial charge in [-0.1, -0.05) is 0 Å². The maximum atomic E-state index is 11.8. The summed E-state index contributed by atoms with van der Waals surface area (Å²) < 4.78 is 0. The quantitative estimate of drug-likeness (QED) is 0.607. The molecule has 0 aromatic heterocycles. The third-order valence-corrected chi connectivity index (χ3v) is 3.19. The van der Waals surface area contributed by atoms with E-state index in [1.54, 1.807) is 0 Å². The molecule has 0 aromatic carbocycles. The summed E-state index contributed by atoms with van der Waals surface area (Å²) in [6, 6.07) is -0.764. The Labute approximate surface area is 101 Å². The maximum absolute atomic E-state index is 11.8. The van der Waals surface area contributed by atoms with E-state index in [1.807, 2.05) is 7.05 Å². The van der Waals surface area contributed by atoms with Crippen molar-refractivity contribution >= 4 is 11.9 Å². The van der Waals surface area contributed by atoms with Gasteiger partial charge in [-0.05, 0) is 39.9 Å². The number of piperidine rings is 1. The average Bonchev–Trinajstić information content (AvgIpc) is 2.28. The molecule has 0 spiro atoms. The van der Waals surface area contributed by atoms with Gasteiger partial charge in [0.25, 0.3) is 0 Å². The van der Waals surface area contributed by atoms with Crippen LogP contribution in [-0.4, -0.2) is 59.3 Å². The Morgan fingerprint density at radius 1 is 1.35 bits per heavy atom. The van der Waals surface area contributed by atoms with Crippen LogP contribution >= 0.6 is 0 Å². The molecule has 1 fully saturated rings. The van der Waals surface area contributed by atoms with Crippen LogP contribution in [-0.2, 0) is 9.59 Å². The first-order chi connectivity index (χ1) is 7.91. The molecule has 0 radical (unpaired) electrons. The van der Waals surface area contributed by atoms with Gasteiger partial charge in [0.2, 0.25) is 5.91 Å². The zero-order chi connectivity index (χ0) is 13.0. The summed E-state index contributed by atoms with van der Waals surface area (Å²) in [5.41, 5.74) is 0. The SMILES string of the molecule is CC(NC(=O)C1CCN(C)CC1)C(O)C(=O)O. The lowest BCUT2D eigenvalue weighted by atomic mass is 9.96. The zero-order valence-electron chi connectivity index (χ0n) is 10.2. The molecule has 0 aromatic rings. The van der Waals surface area contributed by atoms with Crippen molar-refractivity contribution in [2.75, 3.05) is 20.1 Å². The number of rotatable bonds is 4. The van der Waals surface area contributed by atoms with Crippen LogP contribution in [0.15, 0.2) is 0 Å². The molecule has 98 valence electrons. The van der Waals surface area contributed by atoms with Crippen LogP contribution < -0.4 is 5.32 Å². The van der Waals surface area contributed by atoms with Gasteiger partial charge in [0, 0.05) is 5.92 Å². The second-order valence-electron chi connectivity index (χ2n) is 4.66. The lowest BCUT2D eigenvalue weighted by molar-refractivity contribution is -0.148. The van der Waals surface area contributed by atoms with Gasteiger partial charge in [0.1, 0.15) is 0 Å². The molecule has 1 aliphatic heterocycles. The Kier molecular flexibility index (Phi) is 4.89. The lowest BCUT2D eigenvalue weighted by Gasteiger charge is -2.29. The summed E-state index contributed by atoms with van der Waals surface area (Å²) in [6.45, 7) is 3.23. The highest BCUT2D eigenvalue weighted by Crippen LogP contribution is 2.16. The molecule has 1 rings (SSSR count). The first-order valence-corrected chi connectivity index (χ1v) is 5.81. The van der Waals surface area contributed by atoms with Crippen LogP contribution in [0.4, 0.5) is 0 Å². The topological polar surface area (TPSA) is 89.9 Å². The first-order valence-electron chi connectivity index (χ1n) is 5.81. The van der Waals surface area contributed by atoms with Crippen molar-refractivity contribution in [2.24, 2.45) is 5.92 Å². The second-order valence-corrected chi connectivity index (χ2v) is 4.66. The number of aliphatic carboxylic acids is 1. The highest BCUT2D eigenvalue weighted by atomic mass is 16.4. The fourth-order valence-electron chi connectivity index (χ4n) is 1.91. The Bertz CT molecular complexity index is 287. The van der Waals surface area contributed by atoms with E-state index in [2.05, 4.69) is 10.2 Å². The number of carbonyl (C=O) groups excluding carboxylic acids is 1. The number of aliphatic hydroxyl groups is 1. The molecule has 3 N–H and O–H groups in total. The molecular formula is C11H20N2O4. The standard InChI is InChI=1S/C11H20N2O4/c1-7(9(14)11(16)17)12-10(15)8-3-5-13(2)6-4-8/h7-9,14H,3-6H2,1-2H3,(H,12,15)(H,16,17). The van der Waals surface area contributed by atoms with Gasteiger partial charge in [-0.3, -0.25) is 4.79 Å². The fraction of sp³-hybridized carbons (Fsp3) is 0.818. The van der Waals surface area contributed by atoms with E-state index < -0.39 is 18.1 Å². The average molecular weight is 244 g/mol. The van der Waals surface area contributed by atoms with Gasteiger partial charge >= 0.3 is 5.97 Å². The van der Waals surface area contributed by atoms with Crippen molar-refractivity contribution in [1.82, 2.24) is 10.2 Å². The second kappa shape index (κ2) is 5.97. The Morgan fingerprint density at radius 3 is 2.35 bits per heavy atom. The van der Waals surface area contributed by atoms with Gasteiger partial charge in [-0.25, -0.2) is 4.79 Å². The minimum absolute atomic E-state index is 0.0744. The van der Waals surface area contributed by atoms with E-state index in [4.69, 9.17) is 5.11 Å². The third kappa shape index (κ3) is 3.98. The molecule has 2 unspecified atom stereocenters. The summed E-state index contributed by atoms with van der Waals surface area (Å²) in [7, 11) is 2.00. The lowest BCUT2D eigenvalue weighted by Crippen LogP contribution is -2.48. The maximum Gasteiger partial charge on any atom is 0.334 e. The molecule has 1 amide bonds. The predicted molar refractivity (Wildman–Crippen MR) is 61.5 cm³/mol. The van der Waals surface area contributed by atoms with Gasteiger partial charge in [0.15, 0.2) is 6.10 Å². The van der Waals surface area contributed by atoms with E-state index in [1.165, 1.54) is 6.92 Å². The number of amides is 1. The third-order valence-electron chi connectivity index (χ3n) is 3.19. The normalized spacial score (nSPS) is 21.8. The highest BCUT2D eigenvalue weighted by Gasteiger charge is 2.28. The van der Waals surface area contributed by atoms with E-state index in [0.29, 0.717) is 0 Å². The minimum Gasteiger partial charge on any atom is -0.479 e. The highest BCUT2D eigenvalue weighted by molar-refractivity contribution is 5.80. The van der Waals surface area contributed by atoms with Crippen LogP contribution in [0.1, 0.15) is 19.8 Å². The van der Waals surface area contributed by atoms with Crippen molar-refractivity contribution in [2.45, 2.75) is 31.9 Å². The van der Waals surface area contributed by atoms with Crippen molar-refractivity contribution in [3.05, 3.63) is 0 Å². The number of aliphatic hydroxyl groups excluding tert-OH is 1. The van der Waals surface area contributed by atoms with Crippen LogP contribution in [0.25, 0.3) is 0 Å². The predicted octanol–water partition coefficient (Wildman–Crippen LogP) is -0.722. The number of nitrogens with one attached hydrogen (secondary N) is 1. The van der Waals surface area contributed by atoms with Gasteiger partial charge in [-0.15, -0.1) is 0 Å². The van der Waals surface area contributed by atoms with Crippen molar-refractivity contribution in [3.63, 3.8) is 0 Å². The van der Waals surface area contributed by atoms with E-state index >= 15 is 0 Å². The molecule has 6 heteroatoms. The molecule has 1 heterocycles. The minimum atomic E-state index is -1.55. The monoisotopic (exact) mass is 244 g/mol. The molecule has 17 heavy (non-hydrogen) atoms. The summed E-state index contributed by atoms with van der Waals surface area (Å²) in [5, 5.41) is 20.4. The van der Waals surface area contributed by atoms with E-state index in [9.17, 15) is 14.7 Å². The molecule has 2 atom stereocenters. The van der Waals surface area contributed by atoms with E-state index in [0.717, 1.165) is 25.9 Å². The number of carbonyl (C=O) groups is 2. The van der Waals surface area contributed by atoms with Crippen LogP contribution in [0.5, 0.6) is 0 Å². The van der Waals surface area contributed by atoms with Crippen LogP contribution in [0.3, 0.4) is 0 Å². The summed E-state index contributed by atoms with van der Waals surface area (Å²) in [6.07, 6.45) is 0.00130. The zero-order valence-corrected chi connectivity index (χ0v) is 10.2.